The van der Waals surface area contributed by atoms with Gasteiger partial charge in [0.2, 0.25) is 0 Å². The highest BCUT2D eigenvalue weighted by Gasteiger charge is 2.36. The lowest BCUT2D eigenvalue weighted by Crippen LogP contribution is -2.32. The predicted octanol–water partition coefficient (Wildman–Crippen LogP) is 2.25. The molecule has 0 bridgehead atoms. The molecule has 0 saturated heterocycles. The fraction of sp³-hybridized carbons (Fsp3) is 0.636. The molecule has 0 amide bonds. The number of hydrogen-bond acceptors (Lipinski definition) is 2. The Morgan fingerprint density at radius 1 is 1.54 bits per heavy atom. The Hall–Kier alpha value is -0.760. The second-order valence-electron chi connectivity index (χ2n) is 4.40. The molecular weight excluding hydrogens is 164 g/mol. The average molecular weight is 180 g/mol. The first kappa shape index (κ1) is 8.82. The van der Waals surface area contributed by atoms with Crippen molar-refractivity contribution in [2.24, 2.45) is 0 Å². The molecule has 1 unspecified atom stereocenters. The summed E-state index contributed by atoms with van der Waals surface area (Å²) in [5, 5.41) is 9.92. The number of aryl methyl sites for hydroxylation is 1. The number of rotatable bonds is 0. The Morgan fingerprint density at radius 2 is 2.31 bits per heavy atom. The zero-order valence-electron chi connectivity index (χ0n) is 8.21. The molecule has 2 nitrogen and oxygen atoms in total. The lowest BCUT2D eigenvalue weighted by molar-refractivity contribution is 0.0812. The van der Waals surface area contributed by atoms with Crippen molar-refractivity contribution < 1.29 is 9.52 Å². The molecule has 1 aromatic heterocycles. The SMILES string of the molecule is CC1(C)c2occc2CCCC1O. The van der Waals surface area contributed by atoms with Gasteiger partial charge in [0.1, 0.15) is 5.76 Å². The molecule has 1 atom stereocenters. The van der Waals surface area contributed by atoms with Crippen LogP contribution >= 0.6 is 0 Å². The summed E-state index contributed by atoms with van der Waals surface area (Å²) in [6, 6.07) is 2.02. The van der Waals surface area contributed by atoms with Crippen LogP contribution in [0.3, 0.4) is 0 Å². The number of furan rings is 1. The van der Waals surface area contributed by atoms with Gasteiger partial charge in [0.25, 0.3) is 0 Å². The maximum atomic E-state index is 9.92. The first-order valence-electron chi connectivity index (χ1n) is 4.87. The van der Waals surface area contributed by atoms with Gasteiger partial charge in [-0.1, -0.05) is 13.8 Å². The van der Waals surface area contributed by atoms with Crippen molar-refractivity contribution >= 4 is 0 Å². The summed E-state index contributed by atoms with van der Waals surface area (Å²) >= 11 is 0. The van der Waals surface area contributed by atoms with E-state index in [0.29, 0.717) is 0 Å². The molecular formula is C11H16O2. The van der Waals surface area contributed by atoms with Crippen LogP contribution in [0.5, 0.6) is 0 Å². The highest BCUT2D eigenvalue weighted by Crippen LogP contribution is 2.36. The number of fused-ring (bicyclic) bond motifs is 1. The van der Waals surface area contributed by atoms with E-state index in [0.717, 1.165) is 25.0 Å². The van der Waals surface area contributed by atoms with Crippen LogP contribution in [0.1, 0.15) is 38.0 Å². The zero-order chi connectivity index (χ0) is 9.47. The molecule has 0 saturated carbocycles. The third-order valence-corrected chi connectivity index (χ3v) is 3.09. The fourth-order valence-electron chi connectivity index (χ4n) is 2.10. The van der Waals surface area contributed by atoms with Crippen LogP contribution in [0.25, 0.3) is 0 Å². The molecule has 13 heavy (non-hydrogen) atoms. The zero-order valence-corrected chi connectivity index (χ0v) is 8.21. The van der Waals surface area contributed by atoms with Crippen LogP contribution in [0.4, 0.5) is 0 Å². The van der Waals surface area contributed by atoms with Crippen LogP contribution in [-0.2, 0) is 11.8 Å². The third-order valence-electron chi connectivity index (χ3n) is 3.09. The molecule has 1 heterocycles. The minimum absolute atomic E-state index is 0.227. The Balaban J connectivity index is 2.46. The molecule has 72 valence electrons. The maximum Gasteiger partial charge on any atom is 0.115 e. The van der Waals surface area contributed by atoms with Crippen LogP contribution in [-0.4, -0.2) is 11.2 Å². The van der Waals surface area contributed by atoms with E-state index in [-0.39, 0.29) is 11.5 Å². The van der Waals surface area contributed by atoms with E-state index < -0.39 is 0 Å². The van der Waals surface area contributed by atoms with Gasteiger partial charge < -0.3 is 9.52 Å². The van der Waals surface area contributed by atoms with E-state index in [9.17, 15) is 5.11 Å². The number of aliphatic hydroxyl groups is 1. The maximum absolute atomic E-state index is 9.92. The predicted molar refractivity (Wildman–Crippen MR) is 50.7 cm³/mol. The minimum atomic E-state index is -0.278. The summed E-state index contributed by atoms with van der Waals surface area (Å²) in [7, 11) is 0. The first-order chi connectivity index (χ1) is 6.12. The lowest BCUT2D eigenvalue weighted by Gasteiger charge is -2.27. The Kier molecular flexibility index (Phi) is 1.95. The fourth-order valence-corrected chi connectivity index (χ4v) is 2.10. The summed E-state index contributed by atoms with van der Waals surface area (Å²) in [6.45, 7) is 4.09. The molecule has 0 aliphatic heterocycles. The summed E-state index contributed by atoms with van der Waals surface area (Å²) in [5.74, 6) is 0.970. The molecule has 1 N–H and O–H groups in total. The van der Waals surface area contributed by atoms with Gasteiger partial charge in [-0.3, -0.25) is 0 Å². The van der Waals surface area contributed by atoms with E-state index in [2.05, 4.69) is 0 Å². The van der Waals surface area contributed by atoms with Gasteiger partial charge in [0.15, 0.2) is 0 Å². The molecule has 2 heteroatoms. The second-order valence-corrected chi connectivity index (χ2v) is 4.40. The Bertz CT molecular complexity index is 299. The van der Waals surface area contributed by atoms with Crippen molar-refractivity contribution in [3.05, 3.63) is 23.7 Å². The Labute approximate surface area is 78.6 Å². The number of hydrogen-bond donors (Lipinski definition) is 1. The van der Waals surface area contributed by atoms with Gasteiger partial charge in [0, 0.05) is 5.41 Å². The van der Waals surface area contributed by atoms with Gasteiger partial charge in [-0.25, -0.2) is 0 Å². The molecule has 1 aliphatic rings. The van der Waals surface area contributed by atoms with Crippen molar-refractivity contribution in [1.29, 1.82) is 0 Å². The van der Waals surface area contributed by atoms with Crippen LogP contribution < -0.4 is 0 Å². The summed E-state index contributed by atoms with van der Waals surface area (Å²) < 4.78 is 5.46. The van der Waals surface area contributed by atoms with Crippen molar-refractivity contribution in [2.75, 3.05) is 0 Å². The minimum Gasteiger partial charge on any atom is -0.468 e. The summed E-state index contributed by atoms with van der Waals surface area (Å²) in [4.78, 5) is 0. The first-order valence-corrected chi connectivity index (χ1v) is 4.87. The van der Waals surface area contributed by atoms with Gasteiger partial charge in [-0.2, -0.15) is 0 Å². The monoisotopic (exact) mass is 180 g/mol. The molecule has 0 spiro atoms. The van der Waals surface area contributed by atoms with E-state index in [4.69, 9.17) is 4.42 Å². The third kappa shape index (κ3) is 1.29. The molecule has 0 aromatic carbocycles. The average Bonchev–Trinajstić information content (AvgIpc) is 2.49. The van der Waals surface area contributed by atoms with Gasteiger partial charge in [-0.15, -0.1) is 0 Å². The lowest BCUT2D eigenvalue weighted by atomic mass is 9.82. The molecule has 1 aromatic rings. The summed E-state index contributed by atoms with van der Waals surface area (Å²) in [6.07, 6.45) is 4.41. The largest absolute Gasteiger partial charge is 0.468 e. The Morgan fingerprint density at radius 3 is 3.08 bits per heavy atom. The normalized spacial score (nSPS) is 26.5. The standard InChI is InChI=1S/C11H16O2/c1-11(2)9(12)5-3-4-8-6-7-13-10(8)11/h6-7,9,12H,3-5H2,1-2H3. The van der Waals surface area contributed by atoms with E-state index >= 15 is 0 Å². The summed E-state index contributed by atoms with van der Waals surface area (Å²) in [5.41, 5.74) is 1.04. The second kappa shape index (κ2) is 2.88. The van der Waals surface area contributed by atoms with E-state index in [1.165, 1.54) is 5.56 Å². The van der Waals surface area contributed by atoms with Crippen LogP contribution in [0, 0.1) is 0 Å². The van der Waals surface area contributed by atoms with E-state index in [1.54, 1.807) is 6.26 Å². The van der Waals surface area contributed by atoms with Crippen LogP contribution in [0.2, 0.25) is 0 Å². The topological polar surface area (TPSA) is 33.4 Å². The highest BCUT2D eigenvalue weighted by atomic mass is 16.3. The molecule has 1 aliphatic carbocycles. The van der Waals surface area contributed by atoms with Crippen LogP contribution in [0.15, 0.2) is 16.7 Å². The van der Waals surface area contributed by atoms with Gasteiger partial charge in [-0.05, 0) is 30.9 Å². The smallest absolute Gasteiger partial charge is 0.115 e. The van der Waals surface area contributed by atoms with Gasteiger partial charge >= 0.3 is 0 Å². The van der Waals surface area contributed by atoms with Crippen molar-refractivity contribution in [3.8, 4) is 0 Å². The van der Waals surface area contributed by atoms with Crippen molar-refractivity contribution in [2.45, 2.75) is 44.6 Å². The van der Waals surface area contributed by atoms with Crippen molar-refractivity contribution in [3.63, 3.8) is 0 Å². The van der Waals surface area contributed by atoms with E-state index in [1.807, 2.05) is 19.9 Å². The molecule has 0 radical (unpaired) electrons. The molecule has 2 rings (SSSR count). The van der Waals surface area contributed by atoms with Gasteiger partial charge in [0.05, 0.1) is 12.4 Å². The quantitative estimate of drug-likeness (QED) is 0.621. The molecule has 0 fully saturated rings. The highest BCUT2D eigenvalue weighted by molar-refractivity contribution is 5.27. The van der Waals surface area contributed by atoms with Crippen molar-refractivity contribution in [1.82, 2.24) is 0 Å². The number of aliphatic hydroxyl groups excluding tert-OH is 1.